The minimum atomic E-state index is -4.04. The molecule has 0 bridgehead atoms. The van der Waals surface area contributed by atoms with Crippen molar-refractivity contribution in [1.82, 2.24) is 14.9 Å². The molecule has 3 rings (SSSR count). The van der Waals surface area contributed by atoms with Gasteiger partial charge in [0.15, 0.2) is 10.8 Å². The lowest BCUT2D eigenvalue weighted by atomic mass is 10.3. The van der Waals surface area contributed by atoms with Crippen molar-refractivity contribution in [2.75, 3.05) is 31.2 Å². The Bertz CT molecular complexity index is 769. The van der Waals surface area contributed by atoms with Gasteiger partial charge in [0.05, 0.1) is 18.8 Å². The van der Waals surface area contributed by atoms with Gasteiger partial charge in [-0.15, -0.1) is 10.2 Å². The van der Waals surface area contributed by atoms with Gasteiger partial charge in [-0.2, -0.15) is 19.8 Å². The molecule has 0 aromatic carbocycles. The fourth-order valence-corrected chi connectivity index (χ4v) is 3.54. The molecular weight excluding hydrogens is 340 g/mol. The second kappa shape index (κ2) is 6.60. The van der Waals surface area contributed by atoms with Crippen molar-refractivity contribution in [3.63, 3.8) is 0 Å². The number of anilines is 1. The van der Waals surface area contributed by atoms with Crippen LogP contribution in [0.1, 0.15) is 10.4 Å². The van der Waals surface area contributed by atoms with Gasteiger partial charge in [-0.25, -0.2) is 4.72 Å². The molecule has 0 atom stereocenters. The third kappa shape index (κ3) is 3.66. The van der Waals surface area contributed by atoms with Crippen LogP contribution in [0.2, 0.25) is 0 Å². The highest BCUT2D eigenvalue weighted by Gasteiger charge is 2.22. The van der Waals surface area contributed by atoms with Crippen molar-refractivity contribution >= 4 is 33.1 Å². The maximum Gasteiger partial charge on any atom is 0.283 e. The molecule has 1 aliphatic rings. The summed E-state index contributed by atoms with van der Waals surface area (Å²) >= 11 is 1.31. The van der Waals surface area contributed by atoms with Crippen LogP contribution in [-0.2, 0) is 14.8 Å². The lowest BCUT2D eigenvalue weighted by Gasteiger charge is -2.27. The molecule has 1 fully saturated rings. The number of amides is 1. The molecule has 0 unspecified atom stereocenters. The molecule has 0 spiro atoms. The van der Waals surface area contributed by atoms with Gasteiger partial charge in [-0.05, 0) is 23.6 Å². The predicted molar refractivity (Wildman–Crippen MR) is 84.0 cm³/mol. The van der Waals surface area contributed by atoms with Crippen LogP contribution in [-0.4, -0.2) is 50.8 Å². The number of thiophene rings is 1. The molecule has 3 heterocycles. The largest absolute Gasteiger partial charge is 0.378 e. The van der Waals surface area contributed by atoms with Crippen LogP contribution in [0, 0.1) is 0 Å². The number of aromatic nitrogens is 2. The summed E-state index contributed by atoms with van der Waals surface area (Å²) in [6.07, 6.45) is 0. The molecule has 2 aromatic rings. The van der Waals surface area contributed by atoms with Gasteiger partial charge in [-0.1, -0.05) is 0 Å². The number of rotatable bonds is 4. The summed E-state index contributed by atoms with van der Waals surface area (Å²) in [5.74, 6) is -0.110. The Kier molecular flexibility index (Phi) is 4.55. The molecule has 8 nitrogen and oxygen atoms in total. The first-order valence-electron chi connectivity index (χ1n) is 6.82. The molecule has 23 heavy (non-hydrogen) atoms. The fraction of sp³-hybridized carbons (Fsp3) is 0.308. The van der Waals surface area contributed by atoms with E-state index in [4.69, 9.17) is 4.74 Å². The molecule has 0 aliphatic carbocycles. The Morgan fingerprint density at radius 2 is 2.00 bits per heavy atom. The number of hydrogen-bond acceptors (Lipinski definition) is 8. The summed E-state index contributed by atoms with van der Waals surface area (Å²) in [5, 5.41) is 10.6. The molecule has 10 heteroatoms. The Hall–Kier alpha value is -2.04. The van der Waals surface area contributed by atoms with E-state index in [9.17, 15) is 13.2 Å². The summed E-state index contributed by atoms with van der Waals surface area (Å²) in [4.78, 5) is 13.8. The maximum absolute atomic E-state index is 12.2. The minimum absolute atomic E-state index is 0.288. The van der Waals surface area contributed by atoms with E-state index in [1.165, 1.54) is 17.4 Å². The first kappa shape index (κ1) is 15.8. The Balaban J connectivity index is 1.73. The summed E-state index contributed by atoms with van der Waals surface area (Å²) < 4.78 is 31.5. The quantitative estimate of drug-likeness (QED) is 0.853. The fourth-order valence-electron chi connectivity index (χ4n) is 2.04. The van der Waals surface area contributed by atoms with E-state index < -0.39 is 15.9 Å². The third-order valence-corrected chi connectivity index (χ3v) is 5.15. The number of hydrogen-bond donors (Lipinski definition) is 1. The molecule has 1 saturated heterocycles. The van der Waals surface area contributed by atoms with E-state index in [0.717, 1.165) is 0 Å². The van der Waals surface area contributed by atoms with E-state index in [2.05, 4.69) is 10.2 Å². The molecular formula is C13H14N4O4S2. The highest BCUT2D eigenvalue weighted by atomic mass is 32.2. The Morgan fingerprint density at radius 1 is 1.22 bits per heavy atom. The van der Waals surface area contributed by atoms with Gasteiger partial charge in [-0.3, -0.25) is 4.79 Å². The van der Waals surface area contributed by atoms with E-state index in [1.54, 1.807) is 22.9 Å². The Labute approximate surface area is 137 Å². The highest BCUT2D eigenvalue weighted by molar-refractivity contribution is 7.90. The van der Waals surface area contributed by atoms with Gasteiger partial charge in [0.1, 0.15) is 0 Å². The van der Waals surface area contributed by atoms with E-state index in [-0.39, 0.29) is 10.6 Å². The van der Waals surface area contributed by atoms with E-state index in [0.29, 0.717) is 32.1 Å². The zero-order chi connectivity index (χ0) is 16.3. The van der Waals surface area contributed by atoms with Crippen molar-refractivity contribution in [1.29, 1.82) is 0 Å². The predicted octanol–water partition coefficient (Wildman–Crippen LogP) is 0.493. The van der Waals surface area contributed by atoms with Gasteiger partial charge < -0.3 is 9.64 Å². The van der Waals surface area contributed by atoms with Crippen molar-refractivity contribution in [2.45, 2.75) is 5.03 Å². The topological polar surface area (TPSA) is 101 Å². The second-order valence-corrected chi connectivity index (χ2v) is 7.19. The molecule has 2 aromatic heterocycles. The van der Waals surface area contributed by atoms with E-state index in [1.807, 2.05) is 9.62 Å². The normalized spacial score (nSPS) is 15.4. The minimum Gasteiger partial charge on any atom is -0.378 e. The number of nitrogens with zero attached hydrogens (tertiary/aromatic N) is 3. The summed E-state index contributed by atoms with van der Waals surface area (Å²) in [6.45, 7) is 2.54. The second-order valence-electron chi connectivity index (χ2n) is 4.78. The Morgan fingerprint density at radius 3 is 2.61 bits per heavy atom. The van der Waals surface area contributed by atoms with Crippen LogP contribution < -0.4 is 9.62 Å². The van der Waals surface area contributed by atoms with Crippen LogP contribution in [0.3, 0.4) is 0 Å². The van der Waals surface area contributed by atoms with Gasteiger partial charge in [0.25, 0.3) is 15.9 Å². The van der Waals surface area contributed by atoms with Crippen molar-refractivity contribution in [2.24, 2.45) is 0 Å². The first-order valence-corrected chi connectivity index (χ1v) is 9.25. The zero-order valence-electron chi connectivity index (χ0n) is 12.0. The monoisotopic (exact) mass is 354 g/mol. The van der Waals surface area contributed by atoms with Crippen molar-refractivity contribution in [3.05, 3.63) is 34.5 Å². The zero-order valence-corrected chi connectivity index (χ0v) is 13.6. The number of carbonyl (C=O) groups is 1. The lowest BCUT2D eigenvalue weighted by molar-refractivity contribution is 0.0981. The number of sulfonamides is 1. The third-order valence-electron chi connectivity index (χ3n) is 3.25. The summed E-state index contributed by atoms with van der Waals surface area (Å²) in [6, 6.07) is 4.45. The van der Waals surface area contributed by atoms with Crippen LogP contribution in [0.4, 0.5) is 5.82 Å². The number of ether oxygens (including phenoxy) is 1. The van der Waals surface area contributed by atoms with E-state index >= 15 is 0 Å². The molecule has 0 radical (unpaired) electrons. The summed E-state index contributed by atoms with van der Waals surface area (Å²) in [5.41, 5.74) is 0.288. The van der Waals surface area contributed by atoms with Crippen LogP contribution in [0.25, 0.3) is 0 Å². The SMILES string of the molecule is O=C(NS(=O)(=O)c1ccc(N2CCOCC2)nn1)c1ccsc1. The summed E-state index contributed by atoms with van der Waals surface area (Å²) in [7, 11) is -4.04. The smallest absolute Gasteiger partial charge is 0.283 e. The molecule has 1 amide bonds. The van der Waals surface area contributed by atoms with Crippen LogP contribution >= 0.6 is 11.3 Å². The average molecular weight is 354 g/mol. The molecule has 1 N–H and O–H groups in total. The number of morpholine rings is 1. The average Bonchev–Trinajstić information content (AvgIpc) is 3.10. The van der Waals surface area contributed by atoms with Crippen LogP contribution in [0.15, 0.2) is 34.0 Å². The molecule has 122 valence electrons. The van der Waals surface area contributed by atoms with Gasteiger partial charge in [0.2, 0.25) is 0 Å². The number of nitrogens with one attached hydrogen (secondary N) is 1. The van der Waals surface area contributed by atoms with Crippen LogP contribution in [0.5, 0.6) is 0 Å². The highest BCUT2D eigenvalue weighted by Crippen LogP contribution is 2.14. The first-order chi connectivity index (χ1) is 11.1. The number of carbonyl (C=O) groups excluding carboxylic acids is 1. The van der Waals surface area contributed by atoms with Gasteiger partial charge >= 0.3 is 0 Å². The maximum atomic E-state index is 12.2. The standard InChI is InChI=1S/C13H14N4O4S2/c18-13(10-3-8-22-9-10)16-23(19,20)12-2-1-11(14-15-12)17-4-6-21-7-5-17/h1-3,8-9H,4-7H2,(H,16,18). The molecule has 0 saturated carbocycles. The van der Waals surface area contributed by atoms with Crippen molar-refractivity contribution < 1.29 is 17.9 Å². The van der Waals surface area contributed by atoms with Gasteiger partial charge in [0, 0.05) is 18.5 Å². The van der Waals surface area contributed by atoms with Crippen molar-refractivity contribution in [3.8, 4) is 0 Å². The molecule has 1 aliphatic heterocycles. The lowest BCUT2D eigenvalue weighted by Crippen LogP contribution is -2.37.